The summed E-state index contributed by atoms with van der Waals surface area (Å²) in [5.41, 5.74) is 1.88. The monoisotopic (exact) mass is 511 g/mol. The van der Waals surface area contributed by atoms with Crippen LogP contribution in [0.2, 0.25) is 0 Å². The highest BCUT2D eigenvalue weighted by molar-refractivity contribution is 7.89. The quantitative estimate of drug-likeness (QED) is 0.338. The molecule has 35 heavy (non-hydrogen) atoms. The Labute approximate surface area is 214 Å². The lowest BCUT2D eigenvalue weighted by Crippen LogP contribution is -2.40. The van der Waals surface area contributed by atoms with Gasteiger partial charge in [0.05, 0.1) is 44.6 Å². The summed E-state index contributed by atoms with van der Waals surface area (Å²) >= 11 is 0.216. The fraction of sp³-hybridized carbons (Fsp3) is 0.423. The van der Waals surface area contributed by atoms with Gasteiger partial charge >= 0.3 is 6.03 Å². The van der Waals surface area contributed by atoms with Gasteiger partial charge in [-0.2, -0.15) is 0 Å². The molecule has 4 rings (SSSR count). The third-order valence-corrected chi connectivity index (χ3v) is 8.47. The van der Waals surface area contributed by atoms with Gasteiger partial charge in [0, 0.05) is 30.1 Å². The van der Waals surface area contributed by atoms with Crippen molar-refractivity contribution in [2.75, 3.05) is 5.32 Å². The molecule has 2 aromatic heterocycles. The van der Waals surface area contributed by atoms with Crippen molar-refractivity contribution in [2.45, 2.75) is 75.8 Å². The van der Waals surface area contributed by atoms with Crippen LogP contribution in [-0.4, -0.2) is 26.1 Å². The molecular weight excluding hydrogens is 478 g/mol. The molecule has 1 aromatic carbocycles. The van der Waals surface area contributed by atoms with E-state index in [9.17, 15) is 9.35 Å². The van der Waals surface area contributed by atoms with E-state index < -0.39 is 11.4 Å². The van der Waals surface area contributed by atoms with Crippen molar-refractivity contribution in [2.24, 2.45) is 0 Å². The summed E-state index contributed by atoms with van der Waals surface area (Å²) < 4.78 is 16.5. The second-order valence-electron chi connectivity index (χ2n) is 9.86. The standard InChI is InChI=1S/C26H33N5O2S2/c1-26(2,3)31-35(33)23-15-19(30-25(32)29-16-20-11-7-8-14-27-20)12-13-21(23)22-17-28-24(34-22)18-9-5-4-6-10-18/h7-8,11-15,17-18,31H,4-6,9-10,16H2,1-3H3,(H2,29,30,32). The zero-order valence-electron chi connectivity index (χ0n) is 20.5. The number of nitrogens with zero attached hydrogens (tertiary/aromatic N) is 2. The van der Waals surface area contributed by atoms with Gasteiger partial charge in [-0.1, -0.05) is 25.3 Å². The van der Waals surface area contributed by atoms with Crippen LogP contribution in [0.3, 0.4) is 0 Å². The first kappa shape index (κ1) is 25.6. The lowest BCUT2D eigenvalue weighted by molar-refractivity contribution is 0.251. The highest BCUT2D eigenvalue weighted by Crippen LogP contribution is 2.39. The Bertz CT molecular complexity index is 1120. The van der Waals surface area contributed by atoms with Crippen LogP contribution in [0.4, 0.5) is 10.5 Å². The van der Waals surface area contributed by atoms with E-state index in [1.807, 2.05) is 57.3 Å². The SMILES string of the molecule is CC(C)(C)N[S+]([O-])c1cc(NC(=O)NCc2ccccn2)ccc1-c1cnc(C2CCCCC2)s1. The number of hydrogen-bond acceptors (Lipinski definition) is 6. The summed E-state index contributed by atoms with van der Waals surface area (Å²) in [6, 6.07) is 10.8. The van der Waals surface area contributed by atoms with Crippen molar-refractivity contribution in [1.29, 1.82) is 0 Å². The van der Waals surface area contributed by atoms with Gasteiger partial charge in [0.1, 0.15) is 0 Å². The van der Waals surface area contributed by atoms with E-state index in [1.165, 1.54) is 32.1 Å². The maximum Gasteiger partial charge on any atom is 0.319 e. The van der Waals surface area contributed by atoms with Crippen LogP contribution in [0.25, 0.3) is 10.4 Å². The minimum absolute atomic E-state index is 0.319. The molecule has 1 atom stereocenters. The number of rotatable bonds is 7. The van der Waals surface area contributed by atoms with Crippen molar-refractivity contribution in [3.8, 4) is 10.4 Å². The van der Waals surface area contributed by atoms with Crippen molar-refractivity contribution in [1.82, 2.24) is 20.0 Å². The van der Waals surface area contributed by atoms with Gasteiger partial charge in [-0.15, -0.1) is 16.1 Å². The number of anilines is 1. The summed E-state index contributed by atoms with van der Waals surface area (Å²) in [6.07, 6.45) is 9.78. The van der Waals surface area contributed by atoms with Crippen LogP contribution < -0.4 is 15.4 Å². The molecule has 2 amide bonds. The van der Waals surface area contributed by atoms with Gasteiger partial charge in [-0.25, -0.2) is 9.78 Å². The first-order valence-electron chi connectivity index (χ1n) is 12.0. The number of pyridine rings is 1. The average Bonchev–Trinajstić information content (AvgIpc) is 3.33. The lowest BCUT2D eigenvalue weighted by atomic mass is 9.90. The predicted molar refractivity (Wildman–Crippen MR) is 143 cm³/mol. The highest BCUT2D eigenvalue weighted by Gasteiger charge is 2.27. The molecule has 0 bridgehead atoms. The molecule has 9 heteroatoms. The molecule has 1 fully saturated rings. The Hall–Kier alpha value is -2.46. The molecule has 2 heterocycles. The molecule has 1 aliphatic carbocycles. The number of carbonyl (C=O) groups excluding carboxylic acids is 1. The first-order chi connectivity index (χ1) is 16.8. The molecule has 3 aromatic rings. The van der Waals surface area contributed by atoms with E-state index in [-0.39, 0.29) is 11.6 Å². The lowest BCUT2D eigenvalue weighted by Gasteiger charge is -2.23. The normalized spacial score (nSPS) is 15.5. The summed E-state index contributed by atoms with van der Waals surface area (Å²) in [7, 11) is 0. The maximum absolute atomic E-state index is 13.4. The smallest absolute Gasteiger partial charge is 0.319 e. The highest BCUT2D eigenvalue weighted by atomic mass is 32.2. The zero-order chi connectivity index (χ0) is 24.8. The van der Waals surface area contributed by atoms with Gasteiger partial charge in [-0.05, 0) is 57.9 Å². The van der Waals surface area contributed by atoms with Crippen LogP contribution in [0.15, 0.2) is 53.7 Å². The van der Waals surface area contributed by atoms with E-state index in [4.69, 9.17) is 4.98 Å². The van der Waals surface area contributed by atoms with Crippen molar-refractivity contribution >= 4 is 34.4 Å². The van der Waals surface area contributed by atoms with Gasteiger partial charge in [0.25, 0.3) is 0 Å². The summed E-state index contributed by atoms with van der Waals surface area (Å²) in [6.45, 7) is 6.25. The topological polar surface area (TPSA) is 102 Å². The number of thiazole rings is 1. The van der Waals surface area contributed by atoms with Crippen LogP contribution in [0, 0.1) is 0 Å². The van der Waals surface area contributed by atoms with Gasteiger partial charge < -0.3 is 15.2 Å². The Balaban J connectivity index is 1.54. The van der Waals surface area contributed by atoms with Gasteiger partial charge in [0.15, 0.2) is 4.90 Å². The zero-order valence-corrected chi connectivity index (χ0v) is 22.1. The van der Waals surface area contributed by atoms with E-state index in [1.54, 1.807) is 23.6 Å². The number of hydrogen-bond donors (Lipinski definition) is 3. The van der Waals surface area contributed by atoms with Crippen LogP contribution in [0.5, 0.6) is 0 Å². The molecule has 186 valence electrons. The van der Waals surface area contributed by atoms with Gasteiger partial charge in [-0.3, -0.25) is 4.98 Å². The number of amides is 2. The fourth-order valence-corrected chi connectivity index (χ4v) is 6.56. The molecule has 3 N–H and O–H groups in total. The molecule has 1 saturated carbocycles. The Morgan fingerprint density at radius 1 is 1.14 bits per heavy atom. The minimum atomic E-state index is -1.47. The molecule has 1 aliphatic rings. The molecule has 0 radical (unpaired) electrons. The van der Waals surface area contributed by atoms with E-state index in [0.717, 1.165) is 21.1 Å². The van der Waals surface area contributed by atoms with Crippen LogP contribution >= 0.6 is 11.3 Å². The van der Waals surface area contributed by atoms with E-state index in [0.29, 0.717) is 23.0 Å². The van der Waals surface area contributed by atoms with Crippen LogP contribution in [-0.2, 0) is 17.9 Å². The van der Waals surface area contributed by atoms with E-state index >= 15 is 0 Å². The molecule has 7 nitrogen and oxygen atoms in total. The fourth-order valence-electron chi connectivity index (χ4n) is 4.09. The second kappa shape index (κ2) is 11.5. The van der Waals surface area contributed by atoms with Crippen molar-refractivity contribution in [3.63, 3.8) is 0 Å². The summed E-state index contributed by atoms with van der Waals surface area (Å²) in [5.74, 6) is 0.521. The summed E-state index contributed by atoms with van der Waals surface area (Å²) in [5, 5.41) is 6.83. The van der Waals surface area contributed by atoms with Crippen LogP contribution in [0.1, 0.15) is 69.5 Å². The average molecular weight is 512 g/mol. The van der Waals surface area contributed by atoms with Crippen molar-refractivity contribution in [3.05, 3.63) is 59.5 Å². The molecule has 0 aliphatic heterocycles. The molecule has 0 saturated heterocycles. The molecule has 0 spiro atoms. The number of carbonyl (C=O) groups is 1. The molecular formula is C26H33N5O2S2. The Morgan fingerprint density at radius 2 is 1.94 bits per heavy atom. The number of urea groups is 1. The Morgan fingerprint density at radius 3 is 2.66 bits per heavy atom. The molecule has 1 unspecified atom stereocenters. The number of aromatic nitrogens is 2. The largest absolute Gasteiger partial charge is 0.593 e. The third-order valence-electron chi connectivity index (χ3n) is 5.74. The minimum Gasteiger partial charge on any atom is -0.593 e. The van der Waals surface area contributed by atoms with Crippen molar-refractivity contribution < 1.29 is 9.35 Å². The third kappa shape index (κ3) is 7.27. The first-order valence-corrected chi connectivity index (χ1v) is 14.0. The summed E-state index contributed by atoms with van der Waals surface area (Å²) in [4.78, 5) is 23.0. The number of nitrogens with one attached hydrogen (secondary N) is 3. The number of benzene rings is 1. The predicted octanol–water partition coefficient (Wildman–Crippen LogP) is 5.99. The second-order valence-corrected chi connectivity index (χ2v) is 12.1. The Kier molecular flexibility index (Phi) is 8.43. The van der Waals surface area contributed by atoms with E-state index in [2.05, 4.69) is 20.3 Å². The maximum atomic E-state index is 13.4. The van der Waals surface area contributed by atoms with Gasteiger partial charge in [0.2, 0.25) is 0 Å².